The van der Waals surface area contributed by atoms with Gasteiger partial charge >= 0.3 is 0 Å². The van der Waals surface area contributed by atoms with Crippen molar-refractivity contribution in [3.63, 3.8) is 0 Å². The third-order valence-corrected chi connectivity index (χ3v) is 3.85. The number of rotatable bonds is 7. The Balaban J connectivity index is 1.65. The van der Waals surface area contributed by atoms with Gasteiger partial charge in [0.2, 0.25) is 5.91 Å². The summed E-state index contributed by atoms with van der Waals surface area (Å²) in [5, 5.41) is 12.8. The first kappa shape index (κ1) is 17.6. The number of amides is 1. The lowest BCUT2D eigenvalue weighted by molar-refractivity contribution is -0.116. The fraction of sp³-hybridized carbons (Fsp3) is 0.143. The quantitative estimate of drug-likeness (QED) is 0.644. The Morgan fingerprint density at radius 1 is 1.12 bits per heavy atom. The van der Waals surface area contributed by atoms with Gasteiger partial charge in [0.05, 0.1) is 12.1 Å². The van der Waals surface area contributed by atoms with Crippen LogP contribution in [0.1, 0.15) is 11.1 Å². The highest BCUT2D eigenvalue weighted by molar-refractivity contribution is 5.95. The predicted molar refractivity (Wildman–Crippen MR) is 102 cm³/mol. The molecule has 1 aromatic heterocycles. The number of aliphatic hydroxyl groups excluding tert-OH is 1. The Labute approximate surface area is 152 Å². The van der Waals surface area contributed by atoms with Gasteiger partial charge in [0, 0.05) is 35.3 Å². The Morgan fingerprint density at radius 3 is 2.85 bits per heavy atom. The van der Waals surface area contributed by atoms with Crippen LogP contribution in [0.2, 0.25) is 0 Å². The average Bonchev–Trinajstić information content (AvgIpc) is 2.69. The van der Waals surface area contributed by atoms with Crippen molar-refractivity contribution < 1.29 is 14.6 Å². The number of benzene rings is 2. The summed E-state index contributed by atoms with van der Waals surface area (Å²) < 4.78 is 5.47. The summed E-state index contributed by atoms with van der Waals surface area (Å²) in [6.07, 6.45) is 5.00. The van der Waals surface area contributed by atoms with E-state index in [2.05, 4.69) is 10.3 Å². The molecule has 5 heteroatoms. The van der Waals surface area contributed by atoms with Crippen LogP contribution in [0.5, 0.6) is 5.75 Å². The molecule has 3 rings (SSSR count). The van der Waals surface area contributed by atoms with E-state index in [0.717, 1.165) is 22.0 Å². The minimum atomic E-state index is -0.199. The number of aromatic nitrogens is 1. The van der Waals surface area contributed by atoms with Gasteiger partial charge in [-0.15, -0.1) is 0 Å². The summed E-state index contributed by atoms with van der Waals surface area (Å²) >= 11 is 0. The van der Waals surface area contributed by atoms with Gasteiger partial charge in [0.1, 0.15) is 12.4 Å². The molecule has 0 aliphatic heterocycles. The first-order valence-corrected chi connectivity index (χ1v) is 8.39. The molecule has 26 heavy (non-hydrogen) atoms. The number of aliphatic hydroxyl groups is 1. The number of hydrogen-bond acceptors (Lipinski definition) is 4. The van der Waals surface area contributed by atoms with Gasteiger partial charge in [0.25, 0.3) is 0 Å². The molecule has 2 N–H and O–H groups in total. The van der Waals surface area contributed by atoms with Crippen molar-refractivity contribution in [1.29, 1.82) is 0 Å². The summed E-state index contributed by atoms with van der Waals surface area (Å²) in [5.41, 5.74) is 2.61. The average molecular weight is 348 g/mol. The number of carbonyl (C=O) groups is 1. The van der Waals surface area contributed by atoms with Gasteiger partial charge < -0.3 is 15.2 Å². The lowest BCUT2D eigenvalue weighted by Crippen LogP contribution is -2.20. The van der Waals surface area contributed by atoms with Crippen LogP contribution in [0.3, 0.4) is 0 Å². The Morgan fingerprint density at radius 2 is 1.96 bits per heavy atom. The molecule has 0 radical (unpaired) electrons. The number of hydrogen-bond donors (Lipinski definition) is 2. The fourth-order valence-corrected chi connectivity index (χ4v) is 2.62. The molecule has 0 fully saturated rings. The minimum absolute atomic E-state index is 0.0531. The lowest BCUT2D eigenvalue weighted by Gasteiger charge is -2.10. The fourth-order valence-electron chi connectivity index (χ4n) is 2.62. The number of para-hydroxylation sites is 2. The Hall–Kier alpha value is -3.18. The van der Waals surface area contributed by atoms with E-state index in [-0.39, 0.29) is 19.1 Å². The van der Waals surface area contributed by atoms with Gasteiger partial charge in [0.15, 0.2) is 0 Å². The SMILES string of the molecule is O=C(/C=C/c1cccc2cccnc12)NCc1ccccc1OCCO. The van der Waals surface area contributed by atoms with Crippen molar-refractivity contribution in [3.8, 4) is 5.75 Å². The van der Waals surface area contributed by atoms with Gasteiger partial charge in [-0.3, -0.25) is 9.78 Å². The van der Waals surface area contributed by atoms with Crippen molar-refractivity contribution in [2.24, 2.45) is 0 Å². The predicted octanol–water partition coefficient (Wildman–Crippen LogP) is 2.94. The van der Waals surface area contributed by atoms with Crippen LogP contribution in [-0.4, -0.2) is 29.2 Å². The normalized spacial score (nSPS) is 11.0. The van der Waals surface area contributed by atoms with Gasteiger partial charge in [-0.2, -0.15) is 0 Å². The van der Waals surface area contributed by atoms with E-state index in [1.54, 1.807) is 12.3 Å². The van der Waals surface area contributed by atoms with E-state index in [0.29, 0.717) is 12.3 Å². The number of carbonyl (C=O) groups excluding carboxylic acids is 1. The Kier molecular flexibility index (Phi) is 5.96. The molecule has 0 aliphatic carbocycles. The molecule has 3 aromatic rings. The standard InChI is InChI=1S/C21H20N2O3/c24-13-14-26-19-9-2-1-5-18(19)15-23-20(25)11-10-17-7-3-6-16-8-4-12-22-21(16)17/h1-12,24H,13-15H2,(H,23,25)/b11-10+. The molecule has 1 heterocycles. The molecule has 132 valence electrons. The number of fused-ring (bicyclic) bond motifs is 1. The van der Waals surface area contributed by atoms with E-state index in [1.807, 2.05) is 54.6 Å². The molecule has 0 unspecified atom stereocenters. The topological polar surface area (TPSA) is 71.5 Å². The highest BCUT2D eigenvalue weighted by Gasteiger charge is 2.04. The van der Waals surface area contributed by atoms with E-state index in [4.69, 9.17) is 9.84 Å². The van der Waals surface area contributed by atoms with E-state index in [9.17, 15) is 4.79 Å². The van der Waals surface area contributed by atoms with Gasteiger partial charge in [-0.25, -0.2) is 0 Å². The molecule has 0 aliphatic rings. The van der Waals surface area contributed by atoms with E-state index in [1.165, 1.54) is 6.08 Å². The third-order valence-electron chi connectivity index (χ3n) is 3.85. The molecule has 0 saturated carbocycles. The second-order valence-corrected chi connectivity index (χ2v) is 5.65. The largest absolute Gasteiger partial charge is 0.491 e. The van der Waals surface area contributed by atoms with Crippen molar-refractivity contribution in [2.45, 2.75) is 6.54 Å². The van der Waals surface area contributed by atoms with Crippen LogP contribution in [0, 0.1) is 0 Å². The Bertz CT molecular complexity index is 917. The molecule has 1 amide bonds. The molecule has 2 aromatic carbocycles. The van der Waals surface area contributed by atoms with Crippen LogP contribution in [0.4, 0.5) is 0 Å². The molecule has 5 nitrogen and oxygen atoms in total. The number of nitrogens with zero attached hydrogens (tertiary/aromatic N) is 1. The van der Waals surface area contributed by atoms with Crippen molar-refractivity contribution in [3.05, 3.63) is 78.0 Å². The molecular formula is C21H20N2O3. The van der Waals surface area contributed by atoms with Crippen molar-refractivity contribution in [2.75, 3.05) is 13.2 Å². The molecule has 0 saturated heterocycles. The number of nitrogens with one attached hydrogen (secondary N) is 1. The summed E-state index contributed by atoms with van der Waals surface area (Å²) in [5.74, 6) is 0.457. The van der Waals surface area contributed by atoms with Crippen LogP contribution in [0.15, 0.2) is 66.9 Å². The lowest BCUT2D eigenvalue weighted by atomic mass is 10.1. The summed E-state index contributed by atoms with van der Waals surface area (Å²) in [4.78, 5) is 16.5. The number of ether oxygens (including phenoxy) is 1. The monoisotopic (exact) mass is 348 g/mol. The second-order valence-electron chi connectivity index (χ2n) is 5.65. The molecular weight excluding hydrogens is 328 g/mol. The smallest absolute Gasteiger partial charge is 0.244 e. The summed E-state index contributed by atoms with van der Waals surface area (Å²) in [6, 6.07) is 17.2. The zero-order valence-corrected chi connectivity index (χ0v) is 14.3. The first-order valence-electron chi connectivity index (χ1n) is 8.39. The van der Waals surface area contributed by atoms with Crippen molar-refractivity contribution in [1.82, 2.24) is 10.3 Å². The van der Waals surface area contributed by atoms with E-state index < -0.39 is 0 Å². The second kappa shape index (κ2) is 8.78. The maximum atomic E-state index is 12.2. The zero-order chi connectivity index (χ0) is 18.2. The molecule has 0 atom stereocenters. The highest BCUT2D eigenvalue weighted by atomic mass is 16.5. The minimum Gasteiger partial charge on any atom is -0.491 e. The van der Waals surface area contributed by atoms with Crippen molar-refractivity contribution >= 4 is 22.9 Å². The summed E-state index contributed by atoms with van der Waals surface area (Å²) in [6.45, 7) is 0.514. The first-order chi connectivity index (χ1) is 12.8. The highest BCUT2D eigenvalue weighted by Crippen LogP contribution is 2.18. The zero-order valence-electron chi connectivity index (χ0n) is 14.3. The molecule has 0 spiro atoms. The van der Waals surface area contributed by atoms with E-state index >= 15 is 0 Å². The number of pyridine rings is 1. The summed E-state index contributed by atoms with van der Waals surface area (Å²) in [7, 11) is 0. The molecule has 0 bridgehead atoms. The van der Waals surface area contributed by atoms with Crippen LogP contribution < -0.4 is 10.1 Å². The van der Waals surface area contributed by atoms with Gasteiger partial charge in [-0.1, -0.05) is 42.5 Å². The van der Waals surface area contributed by atoms with Crippen LogP contribution >= 0.6 is 0 Å². The van der Waals surface area contributed by atoms with Gasteiger partial charge in [-0.05, 0) is 18.2 Å². The maximum Gasteiger partial charge on any atom is 0.244 e. The van der Waals surface area contributed by atoms with Crippen LogP contribution in [0.25, 0.3) is 17.0 Å². The van der Waals surface area contributed by atoms with Crippen LogP contribution in [-0.2, 0) is 11.3 Å². The maximum absolute atomic E-state index is 12.2. The third kappa shape index (κ3) is 4.46.